The Balaban J connectivity index is 1.46. The van der Waals surface area contributed by atoms with Gasteiger partial charge in [0.1, 0.15) is 23.5 Å². The van der Waals surface area contributed by atoms with Crippen LogP contribution in [-0.2, 0) is 6.54 Å². The van der Waals surface area contributed by atoms with Crippen molar-refractivity contribution in [1.29, 1.82) is 0 Å². The van der Waals surface area contributed by atoms with Gasteiger partial charge in [0.2, 0.25) is 0 Å². The van der Waals surface area contributed by atoms with E-state index in [0.717, 1.165) is 24.5 Å². The van der Waals surface area contributed by atoms with Crippen molar-refractivity contribution in [2.75, 3.05) is 31.6 Å². The first kappa shape index (κ1) is 19.9. The molecule has 1 unspecified atom stereocenters. The number of aliphatic imine (C=N–C) groups is 1. The highest BCUT2D eigenvalue weighted by Crippen LogP contribution is 2.18. The zero-order valence-electron chi connectivity index (χ0n) is 16.5. The van der Waals surface area contributed by atoms with Gasteiger partial charge < -0.3 is 20.3 Å². The summed E-state index contributed by atoms with van der Waals surface area (Å²) < 4.78 is 19.0. The summed E-state index contributed by atoms with van der Waals surface area (Å²) in [6.45, 7) is 5.29. The maximum absolute atomic E-state index is 13.2. The van der Waals surface area contributed by atoms with Gasteiger partial charge in [-0.05, 0) is 49.6 Å². The SMILES string of the molecule is CN=C(NCc1ccnc(N2CCCC2)c1)NCC(C)Oc1cccc(F)c1. The Kier molecular flexibility index (Phi) is 7.06. The van der Waals surface area contributed by atoms with Gasteiger partial charge in [-0.1, -0.05) is 6.07 Å². The van der Waals surface area contributed by atoms with Crippen molar-refractivity contribution in [3.05, 3.63) is 54.0 Å². The molecule has 1 aromatic carbocycles. The van der Waals surface area contributed by atoms with Crippen LogP contribution in [0.3, 0.4) is 0 Å². The molecule has 0 saturated carbocycles. The highest BCUT2D eigenvalue weighted by atomic mass is 19.1. The number of benzene rings is 1. The van der Waals surface area contributed by atoms with Crippen molar-refractivity contribution >= 4 is 11.8 Å². The van der Waals surface area contributed by atoms with Crippen molar-refractivity contribution < 1.29 is 9.13 Å². The van der Waals surface area contributed by atoms with Crippen LogP contribution < -0.4 is 20.3 Å². The Morgan fingerprint density at radius 1 is 1.25 bits per heavy atom. The summed E-state index contributed by atoms with van der Waals surface area (Å²) in [5, 5.41) is 6.55. The second-order valence-corrected chi connectivity index (χ2v) is 6.91. The number of hydrogen-bond acceptors (Lipinski definition) is 4. The lowest BCUT2D eigenvalue weighted by Gasteiger charge is -2.19. The first-order chi connectivity index (χ1) is 13.6. The lowest BCUT2D eigenvalue weighted by Crippen LogP contribution is -2.41. The molecule has 7 heteroatoms. The highest BCUT2D eigenvalue weighted by Gasteiger charge is 2.13. The molecular weight excluding hydrogens is 357 g/mol. The molecule has 1 saturated heterocycles. The number of hydrogen-bond donors (Lipinski definition) is 2. The van der Waals surface area contributed by atoms with Gasteiger partial charge in [0.15, 0.2) is 5.96 Å². The minimum atomic E-state index is -0.305. The summed E-state index contributed by atoms with van der Waals surface area (Å²) in [5.41, 5.74) is 1.16. The normalized spacial score (nSPS) is 15.4. The van der Waals surface area contributed by atoms with E-state index < -0.39 is 0 Å². The summed E-state index contributed by atoms with van der Waals surface area (Å²) in [5.74, 6) is 1.94. The third kappa shape index (κ3) is 5.84. The van der Waals surface area contributed by atoms with E-state index in [9.17, 15) is 4.39 Å². The van der Waals surface area contributed by atoms with Crippen molar-refractivity contribution in [2.24, 2.45) is 4.99 Å². The largest absolute Gasteiger partial charge is 0.489 e. The molecule has 1 aromatic heterocycles. The minimum absolute atomic E-state index is 0.136. The third-order valence-electron chi connectivity index (χ3n) is 4.61. The average Bonchev–Trinajstić information content (AvgIpc) is 3.23. The maximum atomic E-state index is 13.2. The van der Waals surface area contributed by atoms with Crippen LogP contribution in [0.5, 0.6) is 5.75 Å². The Morgan fingerprint density at radius 3 is 2.82 bits per heavy atom. The van der Waals surface area contributed by atoms with Crippen LogP contribution in [0.1, 0.15) is 25.3 Å². The first-order valence-corrected chi connectivity index (χ1v) is 9.70. The number of nitrogens with one attached hydrogen (secondary N) is 2. The number of pyridine rings is 1. The summed E-state index contributed by atoms with van der Waals surface area (Å²) >= 11 is 0. The molecule has 0 radical (unpaired) electrons. The van der Waals surface area contributed by atoms with Gasteiger partial charge in [0.05, 0.1) is 6.54 Å². The number of anilines is 1. The van der Waals surface area contributed by atoms with Gasteiger partial charge in [0.25, 0.3) is 0 Å². The first-order valence-electron chi connectivity index (χ1n) is 9.70. The van der Waals surface area contributed by atoms with Crippen molar-refractivity contribution in [3.8, 4) is 5.75 Å². The quantitative estimate of drug-likeness (QED) is 0.567. The van der Waals surface area contributed by atoms with Gasteiger partial charge >= 0.3 is 0 Å². The predicted octanol–water partition coefficient (Wildman–Crippen LogP) is 2.95. The number of guanidine groups is 1. The van der Waals surface area contributed by atoms with E-state index in [1.807, 2.05) is 19.2 Å². The molecule has 1 atom stereocenters. The third-order valence-corrected chi connectivity index (χ3v) is 4.61. The van der Waals surface area contributed by atoms with Crippen LogP contribution in [0.15, 0.2) is 47.6 Å². The van der Waals surface area contributed by atoms with Gasteiger partial charge in [0, 0.05) is 38.9 Å². The molecule has 2 N–H and O–H groups in total. The van der Waals surface area contributed by atoms with E-state index in [1.54, 1.807) is 19.2 Å². The molecule has 1 aliphatic rings. The molecule has 0 amide bonds. The molecule has 2 aromatic rings. The van der Waals surface area contributed by atoms with Crippen LogP contribution in [0, 0.1) is 5.82 Å². The molecule has 2 heterocycles. The number of nitrogens with zero attached hydrogens (tertiary/aromatic N) is 3. The second-order valence-electron chi connectivity index (χ2n) is 6.91. The molecule has 0 aliphatic carbocycles. The molecule has 1 fully saturated rings. The van der Waals surface area contributed by atoms with Crippen molar-refractivity contribution in [1.82, 2.24) is 15.6 Å². The van der Waals surface area contributed by atoms with Crippen LogP contribution in [-0.4, -0.2) is 43.7 Å². The lowest BCUT2D eigenvalue weighted by molar-refractivity contribution is 0.223. The number of halogens is 1. The fraction of sp³-hybridized carbons (Fsp3) is 0.429. The second kappa shape index (κ2) is 9.92. The molecule has 1 aliphatic heterocycles. The van der Waals surface area contributed by atoms with Crippen LogP contribution >= 0.6 is 0 Å². The van der Waals surface area contributed by atoms with Gasteiger partial charge in [-0.15, -0.1) is 0 Å². The smallest absolute Gasteiger partial charge is 0.191 e. The van der Waals surface area contributed by atoms with Gasteiger partial charge in [-0.2, -0.15) is 0 Å². The van der Waals surface area contributed by atoms with Crippen LogP contribution in [0.4, 0.5) is 10.2 Å². The lowest BCUT2D eigenvalue weighted by atomic mass is 10.2. The van der Waals surface area contributed by atoms with Gasteiger partial charge in [-0.3, -0.25) is 4.99 Å². The summed E-state index contributed by atoms with van der Waals surface area (Å²) in [7, 11) is 1.73. The van der Waals surface area contributed by atoms with E-state index in [2.05, 4.69) is 31.6 Å². The molecule has 6 nitrogen and oxygen atoms in total. The van der Waals surface area contributed by atoms with Crippen molar-refractivity contribution in [3.63, 3.8) is 0 Å². The zero-order chi connectivity index (χ0) is 19.8. The van der Waals surface area contributed by atoms with E-state index in [-0.39, 0.29) is 11.9 Å². The maximum Gasteiger partial charge on any atom is 0.191 e. The molecule has 0 spiro atoms. The number of rotatable bonds is 7. The van der Waals surface area contributed by atoms with E-state index in [0.29, 0.717) is 24.8 Å². The number of aromatic nitrogens is 1. The van der Waals surface area contributed by atoms with E-state index in [4.69, 9.17) is 4.74 Å². The fourth-order valence-electron chi connectivity index (χ4n) is 3.15. The van der Waals surface area contributed by atoms with Crippen LogP contribution in [0.25, 0.3) is 0 Å². The Hall–Kier alpha value is -2.83. The minimum Gasteiger partial charge on any atom is -0.489 e. The Morgan fingerprint density at radius 2 is 2.07 bits per heavy atom. The van der Waals surface area contributed by atoms with Gasteiger partial charge in [-0.25, -0.2) is 9.37 Å². The number of ether oxygens (including phenoxy) is 1. The summed E-state index contributed by atoms with van der Waals surface area (Å²) in [6.07, 6.45) is 4.19. The predicted molar refractivity (Wildman–Crippen MR) is 110 cm³/mol. The average molecular weight is 385 g/mol. The molecule has 3 rings (SSSR count). The molecule has 28 heavy (non-hydrogen) atoms. The fourth-order valence-corrected chi connectivity index (χ4v) is 3.15. The summed E-state index contributed by atoms with van der Waals surface area (Å²) in [6, 6.07) is 10.3. The van der Waals surface area contributed by atoms with E-state index in [1.165, 1.54) is 25.0 Å². The Bertz CT molecular complexity index is 792. The van der Waals surface area contributed by atoms with E-state index >= 15 is 0 Å². The zero-order valence-corrected chi connectivity index (χ0v) is 16.5. The molecule has 150 valence electrons. The summed E-state index contributed by atoms with van der Waals surface area (Å²) in [4.78, 5) is 11.1. The topological polar surface area (TPSA) is 61.8 Å². The monoisotopic (exact) mass is 385 g/mol. The van der Waals surface area contributed by atoms with Crippen LogP contribution in [0.2, 0.25) is 0 Å². The standard InChI is InChI=1S/C21H28FN5O/c1-16(28-19-7-5-6-18(22)13-19)14-25-21(23-2)26-15-17-8-9-24-20(12-17)27-10-3-4-11-27/h5-9,12-13,16H,3-4,10-11,14-15H2,1-2H3,(H2,23,25,26). The highest BCUT2D eigenvalue weighted by molar-refractivity contribution is 5.79. The molecular formula is C21H28FN5O. The Labute approximate surface area is 165 Å². The molecule has 0 bridgehead atoms. The van der Waals surface area contributed by atoms with Crippen molar-refractivity contribution in [2.45, 2.75) is 32.4 Å².